The highest BCUT2D eigenvalue weighted by Gasteiger charge is 2.30. The van der Waals surface area contributed by atoms with Gasteiger partial charge in [0.15, 0.2) is 0 Å². The van der Waals surface area contributed by atoms with E-state index in [1.165, 1.54) is 12.3 Å². The maximum absolute atomic E-state index is 12.5. The van der Waals surface area contributed by atoms with Crippen molar-refractivity contribution in [1.29, 1.82) is 0 Å². The van der Waals surface area contributed by atoms with Gasteiger partial charge in [0.05, 0.1) is 16.1 Å². The average molecular weight is 363 g/mol. The highest BCUT2D eigenvalue weighted by atomic mass is 35.5. The Balaban J connectivity index is 2.28. The minimum Gasteiger partial charge on any atom is -0.286 e. The van der Waals surface area contributed by atoms with Gasteiger partial charge in [0.1, 0.15) is 10.7 Å². The average Bonchev–Trinajstić information content (AvgIpc) is 2.48. The van der Waals surface area contributed by atoms with Gasteiger partial charge in [-0.15, -0.1) is 0 Å². The van der Waals surface area contributed by atoms with E-state index in [4.69, 9.17) is 28.9 Å². The van der Waals surface area contributed by atoms with Crippen molar-refractivity contribution in [2.45, 2.75) is 6.18 Å². The number of aromatic nitrogens is 1. The van der Waals surface area contributed by atoms with E-state index in [9.17, 15) is 18.0 Å². The summed E-state index contributed by atoms with van der Waals surface area (Å²) < 4.78 is 37.5. The third-order valence-corrected chi connectivity index (χ3v) is 3.33. The lowest BCUT2D eigenvalue weighted by atomic mass is 10.1. The fraction of sp³-hybridized carbons (Fsp3) is 0.0714. The van der Waals surface area contributed by atoms with Crippen molar-refractivity contribution in [1.82, 2.24) is 4.98 Å². The van der Waals surface area contributed by atoms with Gasteiger partial charge >= 0.3 is 12.1 Å². The summed E-state index contributed by atoms with van der Waals surface area (Å²) >= 11 is 11.5. The summed E-state index contributed by atoms with van der Waals surface area (Å²) in [6.45, 7) is 0. The van der Waals surface area contributed by atoms with Gasteiger partial charge in [-0.05, 0) is 30.3 Å². The summed E-state index contributed by atoms with van der Waals surface area (Å²) in [7, 11) is 0. The Bertz CT molecular complexity index is 774. The molecular formula is C14H9Cl2F3N3O+. The van der Waals surface area contributed by atoms with E-state index in [0.717, 1.165) is 24.3 Å². The summed E-state index contributed by atoms with van der Waals surface area (Å²) in [4.78, 5) is 18.1. The molecule has 1 aromatic carbocycles. The number of carbonyl (C=O) groups is 1. The number of benzene rings is 1. The third kappa shape index (κ3) is 4.20. The monoisotopic (exact) mass is 362 g/mol. The van der Waals surface area contributed by atoms with Gasteiger partial charge in [-0.25, -0.2) is 14.8 Å². The molecule has 0 unspecified atom stereocenters. The maximum Gasteiger partial charge on any atom is 0.416 e. The number of nitrogens with two attached hydrogens (primary N) is 1. The van der Waals surface area contributed by atoms with Crippen LogP contribution in [0.2, 0.25) is 10.2 Å². The lowest BCUT2D eigenvalue weighted by Crippen LogP contribution is -2.79. The number of hydrogen-bond acceptors (Lipinski definition) is 2. The number of nitrogens with one attached hydrogen (secondary N) is 1. The highest BCUT2D eigenvalue weighted by Crippen LogP contribution is 2.28. The first-order chi connectivity index (χ1) is 10.7. The van der Waals surface area contributed by atoms with Crippen LogP contribution in [0.3, 0.4) is 0 Å². The van der Waals surface area contributed by atoms with E-state index in [0.29, 0.717) is 0 Å². The van der Waals surface area contributed by atoms with Gasteiger partial charge in [0.2, 0.25) is 0 Å². The standard InChI is InChI=1S/C14H8Cl2F3N3O/c15-9-5-10(11(16)21-6-9)13(23)22-12(20)7-1-3-8(4-2-7)14(17,18)19/h1-6H,(H2,20,22,23)/p+1. The van der Waals surface area contributed by atoms with Gasteiger partial charge in [-0.1, -0.05) is 23.2 Å². The second kappa shape index (κ2) is 6.55. The van der Waals surface area contributed by atoms with Crippen molar-refractivity contribution in [2.75, 3.05) is 0 Å². The van der Waals surface area contributed by atoms with Crippen LogP contribution >= 0.6 is 23.2 Å². The van der Waals surface area contributed by atoms with Crippen LogP contribution in [0.5, 0.6) is 0 Å². The molecule has 0 fully saturated rings. The molecule has 0 radical (unpaired) electrons. The zero-order valence-corrected chi connectivity index (χ0v) is 12.8. The molecule has 1 amide bonds. The van der Waals surface area contributed by atoms with Crippen molar-refractivity contribution in [3.63, 3.8) is 0 Å². The molecule has 23 heavy (non-hydrogen) atoms. The molecule has 0 saturated heterocycles. The van der Waals surface area contributed by atoms with E-state index in [1.807, 2.05) is 0 Å². The van der Waals surface area contributed by atoms with Crippen LogP contribution in [0.1, 0.15) is 21.5 Å². The molecule has 0 spiro atoms. The Hall–Kier alpha value is -2.12. The molecule has 1 aromatic heterocycles. The predicted molar refractivity (Wildman–Crippen MR) is 79.3 cm³/mol. The number of hydrogen-bond donors (Lipinski definition) is 2. The molecule has 0 aliphatic heterocycles. The minimum atomic E-state index is -4.45. The Morgan fingerprint density at radius 3 is 2.35 bits per heavy atom. The number of amides is 1. The third-order valence-electron chi connectivity index (χ3n) is 2.82. The number of carbonyl (C=O) groups excluding carboxylic acids is 1. The molecule has 1 heterocycles. The van der Waals surface area contributed by atoms with Gasteiger partial charge in [0.25, 0.3) is 5.84 Å². The van der Waals surface area contributed by atoms with Crippen molar-refractivity contribution >= 4 is 34.9 Å². The van der Waals surface area contributed by atoms with Gasteiger partial charge in [-0.2, -0.15) is 13.2 Å². The van der Waals surface area contributed by atoms with E-state index < -0.39 is 17.6 Å². The summed E-state index contributed by atoms with van der Waals surface area (Å²) in [6, 6.07) is 5.32. The molecule has 0 bridgehead atoms. The molecule has 2 aromatic rings. The molecule has 0 aliphatic carbocycles. The van der Waals surface area contributed by atoms with E-state index in [2.05, 4.69) is 9.98 Å². The summed E-state index contributed by atoms with van der Waals surface area (Å²) in [5, 5.41) is 0.125. The molecule has 2 rings (SSSR count). The first kappa shape index (κ1) is 17.2. The topological polar surface area (TPSA) is 70.0 Å². The number of pyridine rings is 1. The lowest BCUT2D eigenvalue weighted by molar-refractivity contribution is -0.345. The summed E-state index contributed by atoms with van der Waals surface area (Å²) in [5.74, 6) is -0.804. The van der Waals surface area contributed by atoms with Crippen LogP contribution in [0.15, 0.2) is 36.5 Å². The van der Waals surface area contributed by atoms with Crippen molar-refractivity contribution in [3.05, 3.63) is 63.4 Å². The number of halogens is 5. The molecule has 0 atom stereocenters. The quantitative estimate of drug-likeness (QED) is 0.487. The maximum atomic E-state index is 12.5. The number of nitrogen functional groups attached to an aromatic ring is 1. The molecule has 120 valence electrons. The minimum absolute atomic E-state index is 0.00553. The van der Waals surface area contributed by atoms with Crippen LogP contribution in [-0.4, -0.2) is 16.7 Å². The Labute approximate surface area is 138 Å². The Kier molecular flexibility index (Phi) is 4.91. The number of nitrogens with zero attached hydrogens (tertiary/aromatic N) is 1. The smallest absolute Gasteiger partial charge is 0.286 e. The normalized spacial score (nSPS) is 12.3. The summed E-state index contributed by atoms with van der Waals surface area (Å²) in [5.41, 5.74) is 5.08. The zero-order chi connectivity index (χ0) is 17.2. The number of rotatable bonds is 2. The van der Waals surface area contributed by atoms with Crippen LogP contribution < -0.4 is 10.7 Å². The van der Waals surface area contributed by atoms with Gasteiger partial charge < -0.3 is 0 Å². The second-order valence-corrected chi connectivity index (χ2v) is 5.23. The SMILES string of the molecule is NC(=[NH+]C(=O)c1cc(Cl)cnc1Cl)c1ccc(C(F)(F)F)cc1. The van der Waals surface area contributed by atoms with Crippen molar-refractivity contribution in [2.24, 2.45) is 5.73 Å². The van der Waals surface area contributed by atoms with Crippen LogP contribution in [-0.2, 0) is 6.18 Å². The van der Waals surface area contributed by atoms with Crippen molar-refractivity contribution in [3.8, 4) is 0 Å². The number of alkyl halides is 3. The molecular weight excluding hydrogens is 354 g/mol. The molecule has 0 aliphatic rings. The van der Waals surface area contributed by atoms with Crippen molar-refractivity contribution < 1.29 is 23.0 Å². The first-order valence-electron chi connectivity index (χ1n) is 6.11. The van der Waals surface area contributed by atoms with E-state index >= 15 is 0 Å². The van der Waals surface area contributed by atoms with Crippen LogP contribution in [0.25, 0.3) is 0 Å². The molecule has 3 N–H and O–H groups in total. The highest BCUT2D eigenvalue weighted by molar-refractivity contribution is 6.34. The predicted octanol–water partition coefficient (Wildman–Crippen LogP) is 2.03. The van der Waals surface area contributed by atoms with E-state index in [-0.39, 0.29) is 27.1 Å². The Morgan fingerprint density at radius 2 is 1.78 bits per heavy atom. The Morgan fingerprint density at radius 1 is 1.17 bits per heavy atom. The zero-order valence-electron chi connectivity index (χ0n) is 11.3. The first-order valence-corrected chi connectivity index (χ1v) is 6.86. The largest absolute Gasteiger partial charge is 0.416 e. The van der Waals surface area contributed by atoms with Gasteiger partial charge in [0, 0.05) is 6.20 Å². The fourth-order valence-electron chi connectivity index (χ4n) is 1.68. The molecule has 9 heteroatoms. The fourth-order valence-corrected chi connectivity index (χ4v) is 2.03. The molecule has 0 saturated carbocycles. The number of amidine groups is 1. The van der Waals surface area contributed by atoms with E-state index in [1.54, 1.807) is 0 Å². The van der Waals surface area contributed by atoms with Gasteiger partial charge in [-0.3, -0.25) is 5.73 Å². The lowest BCUT2D eigenvalue weighted by Gasteiger charge is -2.06. The second-order valence-electron chi connectivity index (χ2n) is 4.43. The van der Waals surface area contributed by atoms with Crippen LogP contribution in [0, 0.1) is 0 Å². The van der Waals surface area contributed by atoms with Crippen LogP contribution in [0.4, 0.5) is 13.2 Å². The summed E-state index contributed by atoms with van der Waals surface area (Å²) in [6.07, 6.45) is -3.18. The molecule has 4 nitrogen and oxygen atoms in total.